The number of amides is 1. The minimum Gasteiger partial charge on any atom is -0.497 e. The number of carbonyl (C=O) groups excluding carboxylic acids is 1. The van der Waals surface area contributed by atoms with Gasteiger partial charge in [-0.2, -0.15) is 0 Å². The van der Waals surface area contributed by atoms with Crippen molar-refractivity contribution in [1.29, 1.82) is 0 Å². The molecule has 1 amide bonds. The van der Waals surface area contributed by atoms with Crippen molar-refractivity contribution < 1.29 is 9.53 Å². The summed E-state index contributed by atoms with van der Waals surface area (Å²) in [6, 6.07) is 7.74. The Morgan fingerprint density at radius 2 is 2.20 bits per heavy atom. The lowest BCUT2D eigenvalue weighted by Crippen LogP contribution is -2.57. The Bertz CT molecular complexity index is 698. The van der Waals surface area contributed by atoms with Gasteiger partial charge in [0.15, 0.2) is 0 Å². The molecule has 134 valence electrons. The summed E-state index contributed by atoms with van der Waals surface area (Å²) in [5, 5.41) is 6.31. The van der Waals surface area contributed by atoms with Gasteiger partial charge in [-0.3, -0.25) is 4.79 Å². The molecule has 1 aromatic carbocycles. The molecular weight excluding hydrogens is 318 g/mol. The van der Waals surface area contributed by atoms with Crippen LogP contribution in [0.1, 0.15) is 5.82 Å². The fourth-order valence-corrected chi connectivity index (χ4v) is 3.02. The summed E-state index contributed by atoms with van der Waals surface area (Å²) < 4.78 is 7.22. The largest absolute Gasteiger partial charge is 0.497 e. The third kappa shape index (κ3) is 4.30. The van der Waals surface area contributed by atoms with Gasteiger partial charge in [0.05, 0.1) is 7.11 Å². The zero-order chi connectivity index (χ0) is 17.6. The highest BCUT2D eigenvalue weighted by molar-refractivity contribution is 5.82. The molecular formula is C18H25N5O2. The summed E-state index contributed by atoms with van der Waals surface area (Å²) >= 11 is 0. The van der Waals surface area contributed by atoms with Gasteiger partial charge in [0.1, 0.15) is 17.6 Å². The minimum atomic E-state index is -0.209. The molecule has 0 radical (unpaired) electrons. The summed E-state index contributed by atoms with van der Waals surface area (Å²) in [6.45, 7) is 5.60. The second-order valence-corrected chi connectivity index (χ2v) is 6.11. The molecule has 3 rings (SSSR count). The third-order valence-electron chi connectivity index (χ3n) is 4.51. The normalized spacial score (nSPS) is 17.4. The Labute approximate surface area is 148 Å². The van der Waals surface area contributed by atoms with Gasteiger partial charge in [-0.25, -0.2) is 4.98 Å². The SMILES string of the molecule is COc1ccc(N2CCN[C@@H](C(=O)NCCn3ccnc3C)C2)cc1. The van der Waals surface area contributed by atoms with Crippen LogP contribution in [0.5, 0.6) is 5.75 Å². The minimum absolute atomic E-state index is 0.0379. The van der Waals surface area contributed by atoms with Crippen LogP contribution in [0.2, 0.25) is 0 Å². The standard InChI is InChI=1S/C18H25N5O2/c1-14-19-7-10-22(14)11-9-21-18(24)17-13-23(12-8-20-17)15-3-5-16(25-2)6-4-15/h3-7,10,17,20H,8-9,11-13H2,1-2H3,(H,21,24)/t17-/m1/s1. The maximum atomic E-state index is 12.4. The first-order valence-electron chi connectivity index (χ1n) is 8.55. The highest BCUT2D eigenvalue weighted by Crippen LogP contribution is 2.20. The second kappa shape index (κ2) is 8.02. The number of nitrogens with one attached hydrogen (secondary N) is 2. The maximum absolute atomic E-state index is 12.4. The molecule has 1 aromatic heterocycles. The van der Waals surface area contributed by atoms with Gasteiger partial charge in [-0.05, 0) is 31.2 Å². The number of nitrogens with zero attached hydrogens (tertiary/aromatic N) is 3. The van der Waals surface area contributed by atoms with Crippen molar-refractivity contribution in [2.45, 2.75) is 19.5 Å². The van der Waals surface area contributed by atoms with Crippen LogP contribution in [0.3, 0.4) is 0 Å². The molecule has 2 heterocycles. The molecule has 1 aliphatic heterocycles. The van der Waals surface area contributed by atoms with Gasteiger partial charge in [0, 0.05) is 50.8 Å². The Balaban J connectivity index is 1.51. The van der Waals surface area contributed by atoms with E-state index in [0.29, 0.717) is 13.1 Å². The molecule has 0 saturated carbocycles. The quantitative estimate of drug-likeness (QED) is 0.812. The van der Waals surface area contributed by atoms with E-state index < -0.39 is 0 Å². The zero-order valence-electron chi connectivity index (χ0n) is 14.7. The lowest BCUT2D eigenvalue weighted by atomic mass is 10.1. The lowest BCUT2D eigenvalue weighted by molar-refractivity contribution is -0.123. The number of anilines is 1. The Morgan fingerprint density at radius 3 is 2.88 bits per heavy atom. The van der Waals surface area contributed by atoms with Crippen molar-refractivity contribution in [2.75, 3.05) is 38.2 Å². The van der Waals surface area contributed by atoms with Crippen molar-refractivity contribution in [3.05, 3.63) is 42.5 Å². The van der Waals surface area contributed by atoms with Crippen molar-refractivity contribution in [3.63, 3.8) is 0 Å². The number of aryl methyl sites for hydroxylation is 1. The topological polar surface area (TPSA) is 71.4 Å². The first kappa shape index (κ1) is 17.3. The van der Waals surface area contributed by atoms with Crippen molar-refractivity contribution in [3.8, 4) is 5.75 Å². The van der Waals surface area contributed by atoms with Crippen molar-refractivity contribution in [1.82, 2.24) is 20.2 Å². The van der Waals surface area contributed by atoms with Crippen LogP contribution in [0, 0.1) is 6.92 Å². The first-order chi connectivity index (χ1) is 12.2. The number of piperazine rings is 1. The van der Waals surface area contributed by atoms with E-state index >= 15 is 0 Å². The Kier molecular flexibility index (Phi) is 5.55. The molecule has 1 aliphatic rings. The zero-order valence-corrected chi connectivity index (χ0v) is 14.7. The average Bonchev–Trinajstić information content (AvgIpc) is 3.07. The van der Waals surface area contributed by atoms with Crippen molar-refractivity contribution in [2.24, 2.45) is 0 Å². The summed E-state index contributed by atoms with van der Waals surface area (Å²) in [7, 11) is 1.66. The summed E-state index contributed by atoms with van der Waals surface area (Å²) in [5.74, 6) is 1.83. The highest BCUT2D eigenvalue weighted by atomic mass is 16.5. The van der Waals surface area contributed by atoms with E-state index in [-0.39, 0.29) is 11.9 Å². The lowest BCUT2D eigenvalue weighted by Gasteiger charge is -2.34. The first-order valence-corrected chi connectivity index (χ1v) is 8.55. The number of hydrogen-bond acceptors (Lipinski definition) is 5. The number of methoxy groups -OCH3 is 1. The van der Waals surface area contributed by atoms with Gasteiger partial charge in [-0.15, -0.1) is 0 Å². The molecule has 2 aromatic rings. The highest BCUT2D eigenvalue weighted by Gasteiger charge is 2.25. The monoisotopic (exact) mass is 343 g/mol. The van der Waals surface area contributed by atoms with Gasteiger partial charge in [-0.1, -0.05) is 0 Å². The molecule has 0 bridgehead atoms. The van der Waals surface area contributed by atoms with Crippen LogP contribution < -0.4 is 20.3 Å². The van der Waals surface area contributed by atoms with E-state index in [0.717, 1.165) is 36.9 Å². The smallest absolute Gasteiger partial charge is 0.239 e. The van der Waals surface area contributed by atoms with E-state index in [4.69, 9.17) is 4.74 Å². The van der Waals surface area contributed by atoms with Crippen LogP contribution in [0.4, 0.5) is 5.69 Å². The van der Waals surface area contributed by atoms with E-state index in [9.17, 15) is 4.79 Å². The molecule has 25 heavy (non-hydrogen) atoms. The van der Waals surface area contributed by atoms with Crippen LogP contribution in [0.15, 0.2) is 36.7 Å². The molecule has 0 unspecified atom stereocenters. The number of benzene rings is 1. The predicted octanol–water partition coefficient (Wildman–Crippen LogP) is 0.795. The van der Waals surface area contributed by atoms with Gasteiger partial charge < -0.3 is 24.8 Å². The fourth-order valence-electron chi connectivity index (χ4n) is 3.02. The third-order valence-corrected chi connectivity index (χ3v) is 4.51. The molecule has 0 spiro atoms. The van der Waals surface area contributed by atoms with Crippen molar-refractivity contribution >= 4 is 11.6 Å². The molecule has 2 N–H and O–H groups in total. The maximum Gasteiger partial charge on any atom is 0.239 e. The second-order valence-electron chi connectivity index (χ2n) is 6.11. The van der Waals surface area contributed by atoms with E-state index in [1.807, 2.05) is 42.0 Å². The molecule has 1 fully saturated rings. The number of ether oxygens (including phenoxy) is 1. The predicted molar refractivity (Wildman–Crippen MR) is 97.0 cm³/mol. The van der Waals surface area contributed by atoms with Crippen LogP contribution in [0.25, 0.3) is 0 Å². The molecule has 7 nitrogen and oxygen atoms in total. The van der Waals surface area contributed by atoms with Crippen LogP contribution >= 0.6 is 0 Å². The molecule has 1 atom stereocenters. The van der Waals surface area contributed by atoms with Crippen LogP contribution in [-0.4, -0.2) is 54.8 Å². The number of carbonyl (C=O) groups is 1. The van der Waals surface area contributed by atoms with E-state index in [1.165, 1.54) is 0 Å². The summed E-state index contributed by atoms with van der Waals surface area (Å²) in [4.78, 5) is 18.8. The Hall–Kier alpha value is -2.54. The fraction of sp³-hybridized carbons (Fsp3) is 0.444. The Morgan fingerprint density at radius 1 is 1.40 bits per heavy atom. The summed E-state index contributed by atoms with van der Waals surface area (Å²) in [6.07, 6.45) is 3.69. The molecule has 7 heteroatoms. The number of rotatable bonds is 6. The van der Waals surface area contributed by atoms with Crippen LogP contribution in [-0.2, 0) is 11.3 Å². The van der Waals surface area contributed by atoms with Gasteiger partial charge in [0.25, 0.3) is 0 Å². The van der Waals surface area contributed by atoms with Gasteiger partial charge in [0.2, 0.25) is 5.91 Å². The van der Waals surface area contributed by atoms with Gasteiger partial charge >= 0.3 is 0 Å². The van der Waals surface area contributed by atoms with E-state index in [2.05, 4.69) is 20.5 Å². The molecule has 0 aliphatic carbocycles. The number of hydrogen-bond donors (Lipinski definition) is 2. The molecule has 1 saturated heterocycles. The average molecular weight is 343 g/mol. The summed E-state index contributed by atoms with van der Waals surface area (Å²) in [5.41, 5.74) is 1.11. The number of aromatic nitrogens is 2. The number of imidazole rings is 1. The van der Waals surface area contributed by atoms with E-state index in [1.54, 1.807) is 13.3 Å².